The van der Waals surface area contributed by atoms with Crippen LogP contribution in [0.15, 0.2) is 59.5 Å². The quantitative estimate of drug-likeness (QED) is 0.386. The van der Waals surface area contributed by atoms with E-state index in [-0.39, 0.29) is 23.4 Å². The van der Waals surface area contributed by atoms with Crippen LogP contribution >= 0.6 is 0 Å². The topological polar surface area (TPSA) is 105 Å². The average Bonchev–Trinajstić information content (AvgIpc) is 3.65. The van der Waals surface area contributed by atoms with E-state index in [1.54, 1.807) is 31.4 Å². The molecule has 2 aromatic carbocycles. The molecule has 2 atom stereocenters. The van der Waals surface area contributed by atoms with Gasteiger partial charge in [-0.15, -0.1) is 0 Å². The highest BCUT2D eigenvalue weighted by Crippen LogP contribution is 2.39. The van der Waals surface area contributed by atoms with Crippen molar-refractivity contribution in [3.63, 3.8) is 0 Å². The summed E-state index contributed by atoms with van der Waals surface area (Å²) >= 11 is 0. The zero-order valence-electron chi connectivity index (χ0n) is 23.1. The van der Waals surface area contributed by atoms with Crippen LogP contribution in [0.25, 0.3) is 0 Å². The Morgan fingerprint density at radius 1 is 1.03 bits per heavy atom. The molecule has 2 unspecified atom stereocenters. The van der Waals surface area contributed by atoms with E-state index >= 15 is 0 Å². The highest BCUT2D eigenvalue weighted by Gasteiger charge is 2.43. The number of carbonyl (C=O) groups excluding carboxylic acids is 1. The van der Waals surface area contributed by atoms with E-state index < -0.39 is 27.6 Å². The van der Waals surface area contributed by atoms with Crippen molar-refractivity contribution in [2.75, 3.05) is 27.4 Å². The van der Waals surface area contributed by atoms with Gasteiger partial charge in [0.15, 0.2) is 0 Å². The third kappa shape index (κ3) is 7.01. The Bertz CT molecular complexity index is 1160. The highest BCUT2D eigenvalue weighted by atomic mass is 32.2. The third-order valence-electron chi connectivity index (χ3n) is 8.31. The van der Waals surface area contributed by atoms with Gasteiger partial charge in [0.2, 0.25) is 15.9 Å². The number of sulfonamides is 1. The minimum atomic E-state index is -3.89. The standard InChI is InChI=1S/C30H42N2O6S/c1-37-22-30(18-8-9-19-30)29(34)31-27(20-23-10-4-3-5-11-23)28(33)21-32(24-12-6-7-13-24)39(35,36)26-16-14-25(38-2)15-17-26/h3-5,10-11,14-17,24,27-28,33H,6-9,12-13,18-22H2,1-2H3,(H,31,34). The van der Waals surface area contributed by atoms with Gasteiger partial charge in [-0.25, -0.2) is 8.42 Å². The highest BCUT2D eigenvalue weighted by molar-refractivity contribution is 7.89. The normalized spacial score (nSPS) is 19.2. The van der Waals surface area contributed by atoms with Crippen molar-refractivity contribution in [3.8, 4) is 5.75 Å². The SMILES string of the molecule is COCC1(C(=O)NC(Cc2ccccc2)C(O)CN(C2CCCC2)S(=O)(=O)c2ccc(OC)cc2)CCCC1. The molecule has 0 radical (unpaired) electrons. The molecule has 2 saturated carbocycles. The van der Waals surface area contributed by atoms with Crippen LogP contribution in [0.1, 0.15) is 56.9 Å². The predicted octanol–water partition coefficient (Wildman–Crippen LogP) is 3.92. The van der Waals surface area contributed by atoms with Gasteiger partial charge >= 0.3 is 0 Å². The molecule has 2 fully saturated rings. The predicted molar refractivity (Wildman–Crippen MR) is 150 cm³/mol. The number of ether oxygens (including phenoxy) is 2. The summed E-state index contributed by atoms with van der Waals surface area (Å²) in [5, 5.41) is 14.8. The van der Waals surface area contributed by atoms with Crippen LogP contribution in [0.5, 0.6) is 5.75 Å². The maximum Gasteiger partial charge on any atom is 0.243 e. The van der Waals surface area contributed by atoms with Gasteiger partial charge < -0.3 is 19.9 Å². The van der Waals surface area contributed by atoms with Crippen molar-refractivity contribution < 1.29 is 27.8 Å². The number of rotatable bonds is 13. The number of hydrogen-bond acceptors (Lipinski definition) is 6. The lowest BCUT2D eigenvalue weighted by molar-refractivity contribution is -0.135. The van der Waals surface area contributed by atoms with Crippen molar-refractivity contribution >= 4 is 15.9 Å². The van der Waals surface area contributed by atoms with E-state index in [1.165, 1.54) is 11.4 Å². The Morgan fingerprint density at radius 2 is 1.67 bits per heavy atom. The minimum absolute atomic E-state index is 0.103. The van der Waals surface area contributed by atoms with Gasteiger partial charge in [0.05, 0.1) is 36.2 Å². The van der Waals surface area contributed by atoms with Gasteiger partial charge in [-0.1, -0.05) is 56.0 Å². The maximum absolute atomic E-state index is 13.9. The fraction of sp³-hybridized carbons (Fsp3) is 0.567. The molecule has 0 spiro atoms. The van der Waals surface area contributed by atoms with Crippen molar-refractivity contribution in [1.82, 2.24) is 9.62 Å². The molecular formula is C30H42N2O6S. The Balaban J connectivity index is 1.61. The van der Waals surface area contributed by atoms with Gasteiger partial charge in [-0.05, 0) is 61.9 Å². The molecule has 0 heterocycles. The average molecular weight is 559 g/mol. The molecule has 2 aliphatic rings. The first-order chi connectivity index (χ1) is 18.8. The van der Waals surface area contributed by atoms with Gasteiger partial charge in [-0.2, -0.15) is 4.31 Å². The second-order valence-corrected chi connectivity index (χ2v) is 12.8. The van der Waals surface area contributed by atoms with Gasteiger partial charge in [-0.3, -0.25) is 4.79 Å². The molecule has 9 heteroatoms. The van der Waals surface area contributed by atoms with Gasteiger partial charge in [0.1, 0.15) is 5.75 Å². The van der Waals surface area contributed by atoms with Crippen LogP contribution in [0, 0.1) is 5.41 Å². The van der Waals surface area contributed by atoms with E-state index in [2.05, 4.69) is 5.32 Å². The number of aliphatic hydroxyl groups is 1. The molecule has 0 aromatic heterocycles. The summed E-state index contributed by atoms with van der Waals surface area (Å²) in [5.74, 6) is 0.441. The molecule has 4 rings (SSSR count). The summed E-state index contributed by atoms with van der Waals surface area (Å²) in [6.07, 6.45) is 6.04. The molecule has 0 aliphatic heterocycles. The summed E-state index contributed by atoms with van der Waals surface area (Å²) in [5.41, 5.74) is 0.337. The van der Waals surface area contributed by atoms with Crippen LogP contribution in [0.2, 0.25) is 0 Å². The van der Waals surface area contributed by atoms with E-state index in [4.69, 9.17) is 9.47 Å². The molecule has 2 N–H and O–H groups in total. The largest absolute Gasteiger partial charge is 0.497 e. The lowest BCUT2D eigenvalue weighted by Crippen LogP contribution is -2.55. The van der Waals surface area contributed by atoms with Crippen LogP contribution < -0.4 is 10.1 Å². The first-order valence-corrected chi connectivity index (χ1v) is 15.4. The summed E-state index contributed by atoms with van der Waals surface area (Å²) in [4.78, 5) is 13.8. The zero-order chi connectivity index (χ0) is 27.9. The molecular weight excluding hydrogens is 516 g/mol. The number of aliphatic hydroxyl groups excluding tert-OH is 1. The zero-order valence-corrected chi connectivity index (χ0v) is 23.9. The van der Waals surface area contributed by atoms with Crippen molar-refractivity contribution in [3.05, 3.63) is 60.2 Å². The molecule has 2 aliphatic carbocycles. The van der Waals surface area contributed by atoms with E-state index in [1.807, 2.05) is 30.3 Å². The van der Waals surface area contributed by atoms with Crippen LogP contribution in [-0.4, -0.2) is 69.3 Å². The van der Waals surface area contributed by atoms with Crippen LogP contribution in [0.3, 0.4) is 0 Å². The molecule has 0 bridgehead atoms. The number of nitrogens with zero attached hydrogens (tertiary/aromatic N) is 1. The fourth-order valence-electron chi connectivity index (χ4n) is 6.07. The van der Waals surface area contributed by atoms with Gasteiger partial charge in [0, 0.05) is 19.7 Å². The first-order valence-electron chi connectivity index (χ1n) is 14.0. The Labute approximate surface area is 232 Å². The van der Waals surface area contributed by atoms with Crippen LogP contribution in [0.4, 0.5) is 0 Å². The maximum atomic E-state index is 13.9. The summed E-state index contributed by atoms with van der Waals surface area (Å²) in [6, 6.07) is 15.1. The molecule has 0 saturated heterocycles. The second kappa shape index (κ2) is 13.3. The number of carbonyl (C=O) groups is 1. The Kier molecular flexibility index (Phi) is 10.0. The second-order valence-electron chi connectivity index (χ2n) is 10.9. The van der Waals surface area contributed by atoms with Gasteiger partial charge in [0.25, 0.3) is 0 Å². The minimum Gasteiger partial charge on any atom is -0.497 e. The number of hydrogen-bond donors (Lipinski definition) is 2. The first kappa shape index (κ1) is 29.5. The number of methoxy groups -OCH3 is 2. The monoisotopic (exact) mass is 558 g/mol. The number of amides is 1. The Hall–Kier alpha value is -2.46. The third-order valence-corrected chi connectivity index (χ3v) is 10.2. The summed E-state index contributed by atoms with van der Waals surface area (Å²) in [6.45, 7) is 0.223. The summed E-state index contributed by atoms with van der Waals surface area (Å²) in [7, 11) is -0.750. The van der Waals surface area contributed by atoms with Crippen molar-refractivity contribution in [2.24, 2.45) is 5.41 Å². The molecule has 2 aromatic rings. The fourth-order valence-corrected chi connectivity index (χ4v) is 7.77. The van der Waals surface area contributed by atoms with E-state index in [0.29, 0.717) is 18.8 Å². The van der Waals surface area contributed by atoms with E-state index in [9.17, 15) is 18.3 Å². The Morgan fingerprint density at radius 3 is 2.26 bits per heavy atom. The van der Waals surface area contributed by atoms with E-state index in [0.717, 1.165) is 56.9 Å². The molecule has 1 amide bonds. The van der Waals surface area contributed by atoms with Crippen molar-refractivity contribution in [1.29, 1.82) is 0 Å². The summed E-state index contributed by atoms with van der Waals surface area (Å²) < 4.78 is 39.8. The number of benzene rings is 2. The smallest absolute Gasteiger partial charge is 0.243 e. The number of nitrogens with one attached hydrogen (secondary N) is 1. The molecule has 214 valence electrons. The van der Waals surface area contributed by atoms with Crippen molar-refractivity contribution in [2.45, 2.75) is 80.9 Å². The molecule has 39 heavy (non-hydrogen) atoms. The van der Waals surface area contributed by atoms with Crippen LogP contribution in [-0.2, 0) is 26.0 Å². The lowest BCUT2D eigenvalue weighted by atomic mass is 9.85. The lowest BCUT2D eigenvalue weighted by Gasteiger charge is -2.35. The molecule has 8 nitrogen and oxygen atoms in total.